The maximum Gasteiger partial charge on any atom is 0.213 e. The first-order chi connectivity index (χ1) is 12.8. The maximum absolute atomic E-state index is 11.9. The first kappa shape index (κ1) is 20.2. The van der Waals surface area contributed by atoms with Crippen LogP contribution >= 0.6 is 11.3 Å². The van der Waals surface area contributed by atoms with Crippen LogP contribution in [0.5, 0.6) is 0 Å². The van der Waals surface area contributed by atoms with Crippen molar-refractivity contribution in [1.29, 1.82) is 0 Å². The van der Waals surface area contributed by atoms with Gasteiger partial charge in [0.15, 0.2) is 5.13 Å². The molecule has 0 amide bonds. The van der Waals surface area contributed by atoms with E-state index in [9.17, 15) is 8.42 Å². The quantitative estimate of drug-likeness (QED) is 0.728. The van der Waals surface area contributed by atoms with Gasteiger partial charge in [-0.1, -0.05) is 6.07 Å². The third-order valence-electron chi connectivity index (χ3n) is 5.07. The fourth-order valence-corrected chi connectivity index (χ4v) is 4.99. The molecule has 0 saturated heterocycles. The first-order valence-corrected chi connectivity index (χ1v) is 11.9. The largest absolute Gasteiger partial charge is 0.359 e. The van der Waals surface area contributed by atoms with Gasteiger partial charge in [-0.2, -0.15) is 0 Å². The molecule has 1 fully saturated rings. The Morgan fingerprint density at radius 3 is 2.59 bits per heavy atom. The van der Waals surface area contributed by atoms with Gasteiger partial charge in [0.2, 0.25) is 10.0 Å². The van der Waals surface area contributed by atoms with E-state index in [1.54, 1.807) is 31.4 Å². The van der Waals surface area contributed by atoms with Crippen molar-refractivity contribution in [1.82, 2.24) is 14.7 Å². The van der Waals surface area contributed by atoms with Crippen molar-refractivity contribution >= 4 is 26.5 Å². The Labute approximate surface area is 165 Å². The van der Waals surface area contributed by atoms with Crippen LogP contribution in [0.2, 0.25) is 0 Å². The number of pyridine rings is 1. The molecule has 3 rings (SSSR count). The van der Waals surface area contributed by atoms with Crippen LogP contribution in [0.4, 0.5) is 5.13 Å². The average molecular weight is 409 g/mol. The van der Waals surface area contributed by atoms with Crippen molar-refractivity contribution in [3.8, 4) is 11.4 Å². The molecule has 8 heteroatoms. The molecule has 27 heavy (non-hydrogen) atoms. The highest BCUT2D eigenvalue weighted by Gasteiger charge is 2.24. The van der Waals surface area contributed by atoms with Crippen molar-refractivity contribution < 1.29 is 8.42 Å². The summed E-state index contributed by atoms with van der Waals surface area (Å²) in [7, 11) is -3.17. The van der Waals surface area contributed by atoms with Crippen molar-refractivity contribution in [3.63, 3.8) is 0 Å². The number of aromatic nitrogens is 2. The highest BCUT2D eigenvalue weighted by molar-refractivity contribution is 7.90. The minimum absolute atomic E-state index is 0.378. The lowest BCUT2D eigenvalue weighted by atomic mass is 9.86. The number of thiazole rings is 1. The van der Waals surface area contributed by atoms with E-state index in [4.69, 9.17) is 4.98 Å². The summed E-state index contributed by atoms with van der Waals surface area (Å²) >= 11 is 1.67. The molecule has 6 nitrogen and oxygen atoms in total. The molecular formula is C19H28N4O2S2. The molecule has 0 atom stereocenters. The summed E-state index contributed by atoms with van der Waals surface area (Å²) in [5.74, 6) is 0.415. The third-order valence-corrected chi connectivity index (χ3v) is 7.78. The van der Waals surface area contributed by atoms with Crippen LogP contribution in [0.1, 0.15) is 44.4 Å². The van der Waals surface area contributed by atoms with E-state index in [-0.39, 0.29) is 5.25 Å². The summed E-state index contributed by atoms with van der Waals surface area (Å²) in [6.45, 7) is 6.04. The van der Waals surface area contributed by atoms with Crippen LogP contribution in [-0.4, -0.2) is 36.2 Å². The van der Waals surface area contributed by atoms with Gasteiger partial charge in [-0.05, 0) is 64.5 Å². The highest BCUT2D eigenvalue weighted by atomic mass is 32.2. The van der Waals surface area contributed by atoms with E-state index < -0.39 is 10.0 Å². The molecule has 1 saturated carbocycles. The van der Waals surface area contributed by atoms with Crippen LogP contribution in [0, 0.1) is 12.8 Å². The second-order valence-corrected chi connectivity index (χ2v) is 11.0. The second-order valence-electron chi connectivity index (χ2n) is 7.44. The highest BCUT2D eigenvalue weighted by Crippen LogP contribution is 2.32. The molecule has 0 radical (unpaired) electrons. The van der Waals surface area contributed by atoms with Gasteiger partial charge in [0.1, 0.15) is 5.69 Å². The number of nitrogens with one attached hydrogen (secondary N) is 2. The van der Waals surface area contributed by atoms with Gasteiger partial charge in [0.25, 0.3) is 0 Å². The summed E-state index contributed by atoms with van der Waals surface area (Å²) in [6, 6.07) is 6.26. The Balaban J connectivity index is 1.51. The van der Waals surface area contributed by atoms with Crippen LogP contribution in [0.3, 0.4) is 0 Å². The number of anilines is 1. The minimum Gasteiger partial charge on any atom is -0.359 e. The van der Waals surface area contributed by atoms with E-state index in [2.05, 4.69) is 21.9 Å². The van der Waals surface area contributed by atoms with Gasteiger partial charge in [0.05, 0.1) is 10.9 Å². The van der Waals surface area contributed by atoms with Gasteiger partial charge in [-0.25, -0.2) is 18.1 Å². The van der Waals surface area contributed by atoms with E-state index in [1.165, 1.54) is 0 Å². The SMILES string of the molecule is Cc1sc(NC2CCC(CNS(=O)(=O)C(C)C)CC2)nc1-c1ccccn1. The lowest BCUT2D eigenvalue weighted by molar-refractivity contribution is 0.337. The summed E-state index contributed by atoms with van der Waals surface area (Å²) in [5.41, 5.74) is 1.85. The summed E-state index contributed by atoms with van der Waals surface area (Å²) in [5, 5.41) is 4.13. The van der Waals surface area contributed by atoms with Crippen molar-refractivity contribution in [3.05, 3.63) is 29.3 Å². The molecule has 1 aliphatic rings. The van der Waals surface area contributed by atoms with Crippen LogP contribution < -0.4 is 10.0 Å². The van der Waals surface area contributed by atoms with Crippen molar-refractivity contribution in [2.75, 3.05) is 11.9 Å². The molecule has 2 heterocycles. The predicted octanol–water partition coefficient (Wildman–Crippen LogP) is 3.81. The lowest BCUT2D eigenvalue weighted by Crippen LogP contribution is -2.37. The predicted molar refractivity (Wildman–Crippen MR) is 112 cm³/mol. The lowest BCUT2D eigenvalue weighted by Gasteiger charge is -2.29. The van der Waals surface area contributed by atoms with Crippen LogP contribution in [0.25, 0.3) is 11.4 Å². The Bertz CT molecular complexity index is 842. The molecule has 2 aromatic rings. The fraction of sp³-hybridized carbons (Fsp3) is 0.579. The molecule has 0 aromatic carbocycles. The molecule has 0 aliphatic heterocycles. The van der Waals surface area contributed by atoms with E-state index in [0.717, 1.165) is 47.1 Å². The fourth-order valence-electron chi connectivity index (χ4n) is 3.28. The summed E-state index contributed by atoms with van der Waals surface area (Å²) in [4.78, 5) is 10.3. The number of rotatable bonds is 7. The number of hydrogen-bond acceptors (Lipinski definition) is 6. The first-order valence-electron chi connectivity index (χ1n) is 9.49. The molecule has 0 bridgehead atoms. The Kier molecular flexibility index (Phi) is 6.49. The zero-order valence-electron chi connectivity index (χ0n) is 16.1. The van der Waals surface area contributed by atoms with Gasteiger partial charge in [-0.15, -0.1) is 11.3 Å². The Hall–Kier alpha value is -1.51. The molecule has 0 unspecified atom stereocenters. The zero-order chi connectivity index (χ0) is 19.4. The standard InChI is InChI=1S/C19H28N4O2S2/c1-13(2)27(24,25)21-12-15-7-9-16(10-8-15)22-19-23-18(14(3)26-19)17-6-4-5-11-20-17/h4-6,11,13,15-16,21H,7-10,12H2,1-3H3,(H,22,23). The molecule has 2 N–H and O–H groups in total. The number of aryl methyl sites for hydroxylation is 1. The van der Waals surface area contributed by atoms with Crippen LogP contribution in [-0.2, 0) is 10.0 Å². The van der Waals surface area contributed by atoms with E-state index >= 15 is 0 Å². The monoisotopic (exact) mass is 408 g/mol. The normalized spacial score (nSPS) is 20.7. The molecule has 1 aliphatic carbocycles. The van der Waals surface area contributed by atoms with Crippen molar-refractivity contribution in [2.45, 2.75) is 57.7 Å². The van der Waals surface area contributed by atoms with E-state index in [0.29, 0.717) is 18.5 Å². The zero-order valence-corrected chi connectivity index (χ0v) is 17.7. The number of nitrogens with zero attached hydrogens (tertiary/aromatic N) is 2. The van der Waals surface area contributed by atoms with Gasteiger partial charge in [-0.3, -0.25) is 4.98 Å². The maximum atomic E-state index is 11.9. The summed E-state index contributed by atoms with van der Waals surface area (Å²) in [6.07, 6.45) is 5.90. The molecule has 148 valence electrons. The van der Waals surface area contributed by atoms with Crippen LogP contribution in [0.15, 0.2) is 24.4 Å². The summed E-state index contributed by atoms with van der Waals surface area (Å²) < 4.78 is 26.5. The minimum atomic E-state index is -3.17. The second kappa shape index (κ2) is 8.67. The molecule has 2 aromatic heterocycles. The topological polar surface area (TPSA) is 84.0 Å². The van der Waals surface area contributed by atoms with E-state index in [1.807, 2.05) is 18.2 Å². The van der Waals surface area contributed by atoms with Gasteiger partial charge >= 0.3 is 0 Å². The number of hydrogen-bond donors (Lipinski definition) is 2. The Morgan fingerprint density at radius 1 is 1.22 bits per heavy atom. The average Bonchev–Trinajstić information content (AvgIpc) is 3.02. The third kappa shape index (κ3) is 5.27. The smallest absolute Gasteiger partial charge is 0.213 e. The van der Waals surface area contributed by atoms with Gasteiger partial charge < -0.3 is 5.32 Å². The Morgan fingerprint density at radius 2 is 1.96 bits per heavy atom. The van der Waals surface area contributed by atoms with Gasteiger partial charge in [0, 0.05) is 23.7 Å². The molecular weight excluding hydrogens is 380 g/mol. The number of sulfonamides is 1. The van der Waals surface area contributed by atoms with Crippen molar-refractivity contribution in [2.24, 2.45) is 5.92 Å². The molecule has 0 spiro atoms.